The first-order valence-electron chi connectivity index (χ1n) is 8.51. The Kier molecular flexibility index (Phi) is 6.74. The summed E-state index contributed by atoms with van der Waals surface area (Å²) in [6, 6.07) is 9.90. The highest BCUT2D eigenvalue weighted by atomic mass is 32.2. The molecule has 1 N–H and O–H groups in total. The number of carbonyl (C=O) groups is 1. The molecule has 0 fully saturated rings. The number of likely N-dealkylation sites (N-methyl/N-ethyl adjacent to an activating group) is 1. The van der Waals surface area contributed by atoms with Gasteiger partial charge in [-0.15, -0.1) is 0 Å². The number of hydrogen-bond acceptors (Lipinski definition) is 5. The molecule has 160 valence electrons. The quantitative estimate of drug-likeness (QED) is 0.746. The molecule has 0 bridgehead atoms. The third kappa shape index (κ3) is 5.28. The number of nitrogens with one attached hydrogen (secondary N) is 1. The van der Waals surface area contributed by atoms with E-state index in [0.717, 1.165) is 16.4 Å². The molecule has 0 spiro atoms. The largest absolute Gasteiger partial charge is 0.416 e. The number of alkyl halides is 3. The van der Waals surface area contributed by atoms with E-state index in [1.807, 2.05) is 6.07 Å². The molecule has 0 aliphatic carbocycles. The summed E-state index contributed by atoms with van der Waals surface area (Å²) in [5, 5.41) is 11.1. The Morgan fingerprint density at radius 1 is 1.10 bits per heavy atom. The molecule has 0 radical (unpaired) electrons. The Labute approximate surface area is 172 Å². The maximum atomic E-state index is 13.0. The number of nitrogens with zero attached hydrogens (tertiary/aromatic N) is 3. The van der Waals surface area contributed by atoms with Gasteiger partial charge in [0.1, 0.15) is 0 Å². The van der Waals surface area contributed by atoms with E-state index in [2.05, 4.69) is 5.32 Å². The normalized spacial score (nSPS) is 11.8. The molecule has 0 aliphatic rings. The van der Waals surface area contributed by atoms with Crippen LogP contribution in [0.1, 0.15) is 11.1 Å². The van der Waals surface area contributed by atoms with Gasteiger partial charge in [-0.05, 0) is 42.5 Å². The predicted octanol–water partition coefficient (Wildman–Crippen LogP) is 2.90. The Balaban J connectivity index is 2.22. The molecule has 0 aliphatic heterocycles. The van der Waals surface area contributed by atoms with Crippen molar-refractivity contribution in [2.24, 2.45) is 0 Å². The van der Waals surface area contributed by atoms with Gasteiger partial charge in [0.25, 0.3) is 0 Å². The molecule has 0 atom stereocenters. The number of rotatable bonds is 6. The van der Waals surface area contributed by atoms with Gasteiger partial charge in [0.05, 0.1) is 40.0 Å². The first-order chi connectivity index (χ1) is 13.9. The fourth-order valence-corrected chi connectivity index (χ4v) is 3.69. The molecule has 1 amide bonds. The van der Waals surface area contributed by atoms with E-state index in [-0.39, 0.29) is 16.1 Å². The number of carbonyl (C=O) groups excluding carboxylic acids is 1. The summed E-state index contributed by atoms with van der Waals surface area (Å²) >= 11 is 0. The lowest BCUT2D eigenvalue weighted by Gasteiger charge is -2.21. The van der Waals surface area contributed by atoms with Crippen LogP contribution in [0, 0.1) is 11.3 Å². The number of benzene rings is 2. The number of nitriles is 1. The fourth-order valence-electron chi connectivity index (χ4n) is 2.56. The lowest BCUT2D eigenvalue weighted by Crippen LogP contribution is -2.35. The Hall–Kier alpha value is -3.10. The minimum Gasteiger partial charge on any atom is -0.376 e. The molecule has 2 aromatic rings. The maximum Gasteiger partial charge on any atom is 0.416 e. The van der Waals surface area contributed by atoms with Crippen LogP contribution in [0.5, 0.6) is 0 Å². The average Bonchev–Trinajstić information content (AvgIpc) is 2.66. The number of halogens is 3. The van der Waals surface area contributed by atoms with Crippen molar-refractivity contribution in [2.45, 2.75) is 11.1 Å². The Morgan fingerprint density at radius 2 is 1.70 bits per heavy atom. The van der Waals surface area contributed by atoms with Crippen LogP contribution in [0.15, 0.2) is 47.4 Å². The zero-order chi connectivity index (χ0) is 22.7. The highest BCUT2D eigenvalue weighted by Crippen LogP contribution is 2.35. The molecule has 0 saturated carbocycles. The van der Waals surface area contributed by atoms with Gasteiger partial charge in [-0.25, -0.2) is 8.42 Å². The topological polar surface area (TPSA) is 93.5 Å². The zero-order valence-electron chi connectivity index (χ0n) is 16.4. The summed E-state index contributed by atoms with van der Waals surface area (Å²) in [4.78, 5) is 13.8. The fraction of sp³-hybridized carbons (Fsp3) is 0.263. The van der Waals surface area contributed by atoms with Crippen molar-refractivity contribution in [3.63, 3.8) is 0 Å². The van der Waals surface area contributed by atoms with Crippen molar-refractivity contribution in [1.29, 1.82) is 5.26 Å². The first kappa shape index (κ1) is 23.2. The molecule has 0 unspecified atom stereocenters. The SMILES string of the molecule is CN(C)c1ccc(C(F)(F)F)cc1NC(=O)CN(C)S(=O)(=O)c1ccc(C#N)cc1. The number of anilines is 2. The Bertz CT molecular complexity index is 1080. The second-order valence-electron chi connectivity index (χ2n) is 6.57. The van der Waals surface area contributed by atoms with Crippen LogP contribution in [-0.4, -0.2) is 46.3 Å². The van der Waals surface area contributed by atoms with Crippen molar-refractivity contribution in [1.82, 2.24) is 4.31 Å². The van der Waals surface area contributed by atoms with Crippen LogP contribution in [0.4, 0.5) is 24.5 Å². The molecule has 11 heteroatoms. The van der Waals surface area contributed by atoms with Crippen molar-refractivity contribution >= 4 is 27.3 Å². The van der Waals surface area contributed by atoms with Crippen LogP contribution in [0.25, 0.3) is 0 Å². The minimum atomic E-state index is -4.60. The molecule has 2 aromatic carbocycles. The van der Waals surface area contributed by atoms with Crippen LogP contribution < -0.4 is 10.2 Å². The van der Waals surface area contributed by atoms with Crippen molar-refractivity contribution in [3.8, 4) is 6.07 Å². The van der Waals surface area contributed by atoms with E-state index in [4.69, 9.17) is 5.26 Å². The van der Waals surface area contributed by atoms with Crippen molar-refractivity contribution in [3.05, 3.63) is 53.6 Å². The summed E-state index contributed by atoms with van der Waals surface area (Å²) in [6.45, 7) is -0.620. The van der Waals surface area contributed by atoms with Crippen molar-refractivity contribution < 1.29 is 26.4 Å². The summed E-state index contributed by atoms with van der Waals surface area (Å²) in [6.07, 6.45) is -4.60. The highest BCUT2D eigenvalue weighted by molar-refractivity contribution is 7.89. The third-order valence-corrected chi connectivity index (χ3v) is 5.96. The third-order valence-electron chi connectivity index (χ3n) is 4.14. The van der Waals surface area contributed by atoms with Gasteiger partial charge in [0, 0.05) is 21.1 Å². The average molecular weight is 440 g/mol. The maximum absolute atomic E-state index is 13.0. The summed E-state index contributed by atoms with van der Waals surface area (Å²) < 4.78 is 65.0. The molecular formula is C19H19F3N4O3S. The standard InChI is InChI=1S/C19H19F3N4O3S/c1-25(2)17-9-6-14(19(20,21)22)10-16(17)24-18(27)12-26(3)30(28,29)15-7-4-13(11-23)5-8-15/h4-10H,12H2,1-3H3,(H,24,27). The predicted molar refractivity (Wildman–Crippen MR) is 105 cm³/mol. The van der Waals surface area contributed by atoms with Gasteiger partial charge >= 0.3 is 6.18 Å². The lowest BCUT2D eigenvalue weighted by atomic mass is 10.1. The molecule has 7 nitrogen and oxygen atoms in total. The van der Waals surface area contributed by atoms with Gasteiger partial charge in [0.15, 0.2) is 0 Å². The van der Waals surface area contributed by atoms with Crippen LogP contribution in [0.2, 0.25) is 0 Å². The number of sulfonamides is 1. The van der Waals surface area contributed by atoms with E-state index in [9.17, 15) is 26.4 Å². The van der Waals surface area contributed by atoms with E-state index in [1.165, 1.54) is 42.3 Å². The monoisotopic (exact) mass is 440 g/mol. The first-order valence-corrected chi connectivity index (χ1v) is 9.95. The van der Waals surface area contributed by atoms with Crippen LogP contribution in [-0.2, 0) is 21.0 Å². The van der Waals surface area contributed by atoms with E-state index >= 15 is 0 Å². The molecular weight excluding hydrogens is 421 g/mol. The van der Waals surface area contributed by atoms with Crippen LogP contribution >= 0.6 is 0 Å². The van der Waals surface area contributed by atoms with Gasteiger partial charge in [-0.1, -0.05) is 0 Å². The summed E-state index contributed by atoms with van der Waals surface area (Å²) in [5.41, 5.74) is -0.435. The van der Waals surface area contributed by atoms with Gasteiger partial charge in [0.2, 0.25) is 15.9 Å². The number of hydrogen-bond donors (Lipinski definition) is 1. The van der Waals surface area contributed by atoms with Crippen molar-refractivity contribution in [2.75, 3.05) is 37.9 Å². The lowest BCUT2D eigenvalue weighted by molar-refractivity contribution is -0.137. The van der Waals surface area contributed by atoms with Gasteiger partial charge in [-0.3, -0.25) is 4.79 Å². The molecule has 0 heterocycles. The Morgan fingerprint density at radius 3 is 2.20 bits per heavy atom. The minimum absolute atomic E-state index is 0.0935. The molecule has 2 rings (SSSR count). The van der Waals surface area contributed by atoms with E-state index in [1.54, 1.807) is 14.1 Å². The van der Waals surface area contributed by atoms with E-state index < -0.39 is 34.2 Å². The molecule has 30 heavy (non-hydrogen) atoms. The summed E-state index contributed by atoms with van der Waals surface area (Å²) in [7, 11) is 0.330. The zero-order valence-corrected chi connectivity index (χ0v) is 17.2. The smallest absolute Gasteiger partial charge is 0.376 e. The highest BCUT2D eigenvalue weighted by Gasteiger charge is 2.31. The summed E-state index contributed by atoms with van der Waals surface area (Å²) in [5.74, 6) is -0.808. The second-order valence-corrected chi connectivity index (χ2v) is 8.61. The number of amides is 1. The van der Waals surface area contributed by atoms with E-state index in [0.29, 0.717) is 5.69 Å². The molecule has 0 aromatic heterocycles. The van der Waals surface area contributed by atoms with Crippen LogP contribution in [0.3, 0.4) is 0 Å². The second kappa shape index (κ2) is 8.73. The molecule has 0 saturated heterocycles. The van der Waals surface area contributed by atoms with Gasteiger partial charge in [-0.2, -0.15) is 22.7 Å². The van der Waals surface area contributed by atoms with Gasteiger partial charge < -0.3 is 10.2 Å².